The van der Waals surface area contributed by atoms with Crippen molar-refractivity contribution in [3.8, 4) is 44.9 Å². The topological polar surface area (TPSA) is 41.9 Å². The maximum atomic E-state index is 5.50. The van der Waals surface area contributed by atoms with Crippen LogP contribution in [0.2, 0.25) is 0 Å². The number of anilines is 3. The Kier molecular flexibility index (Phi) is 7.87. The lowest BCUT2D eigenvalue weighted by atomic mass is 9.64. The Morgan fingerprint density at radius 1 is 0.333 bits per heavy atom. The van der Waals surface area contributed by atoms with Crippen LogP contribution in [0, 0.1) is 0 Å². The third-order valence-electron chi connectivity index (χ3n) is 14.0. The lowest BCUT2D eigenvalue weighted by molar-refractivity contribution is 0.753. The van der Waals surface area contributed by atoms with Crippen molar-refractivity contribution in [2.24, 2.45) is 0 Å². The zero-order chi connectivity index (χ0) is 43.3. The van der Waals surface area contributed by atoms with Gasteiger partial charge in [-0.25, -0.2) is 15.0 Å². The van der Waals surface area contributed by atoms with Gasteiger partial charge in [0.1, 0.15) is 0 Å². The smallest absolute Gasteiger partial charge is 0.0972 e. The molecule has 2 aliphatic rings. The van der Waals surface area contributed by atoms with E-state index in [0.717, 1.165) is 82.9 Å². The normalized spacial score (nSPS) is 13.2. The number of hydrogen-bond acceptors (Lipinski definition) is 4. The van der Waals surface area contributed by atoms with Crippen molar-refractivity contribution >= 4 is 60.5 Å². The zero-order valence-electron chi connectivity index (χ0n) is 35.7. The van der Waals surface area contributed by atoms with E-state index in [2.05, 4.69) is 229 Å². The molecular weight excluding hydrogens is 801 g/mol. The average Bonchev–Trinajstić information content (AvgIpc) is 3.67. The van der Waals surface area contributed by atoms with Crippen LogP contribution in [0.25, 0.3) is 88.4 Å². The van der Waals surface area contributed by atoms with Crippen molar-refractivity contribution in [2.75, 3.05) is 4.90 Å². The second-order valence-electron chi connectivity index (χ2n) is 17.5. The molecule has 0 amide bonds. The summed E-state index contributed by atoms with van der Waals surface area (Å²) >= 11 is 0. The fourth-order valence-electron chi connectivity index (χ4n) is 11.1. The SMILES string of the molecule is c1ccc(-c2ccc3ccc4ccc(-c5ccc6nc(-c7ccccc7)c7cc8c(cc7c6c5)C5(c6ccccc6-8)c6ccccc6N(c6ccccc6)c6ccccc65)nc4c3n2)cc1. The van der Waals surface area contributed by atoms with Crippen molar-refractivity contribution in [2.45, 2.75) is 5.41 Å². The molecule has 0 bridgehead atoms. The van der Waals surface area contributed by atoms with Crippen LogP contribution in [-0.2, 0) is 5.41 Å². The van der Waals surface area contributed by atoms with E-state index in [0.29, 0.717) is 0 Å². The van der Waals surface area contributed by atoms with Crippen LogP contribution in [-0.4, -0.2) is 15.0 Å². The molecule has 0 fully saturated rings. The average molecular weight is 839 g/mol. The Morgan fingerprint density at radius 3 is 1.55 bits per heavy atom. The molecule has 4 heterocycles. The molecule has 1 aliphatic carbocycles. The number of fused-ring (bicyclic) bond motifs is 15. The van der Waals surface area contributed by atoms with Gasteiger partial charge >= 0.3 is 0 Å². The molecule has 306 valence electrons. The van der Waals surface area contributed by atoms with Gasteiger partial charge in [-0.1, -0.05) is 170 Å². The van der Waals surface area contributed by atoms with Gasteiger partial charge in [0.05, 0.1) is 50.4 Å². The van der Waals surface area contributed by atoms with Gasteiger partial charge in [0.25, 0.3) is 0 Å². The molecule has 0 unspecified atom stereocenters. The minimum Gasteiger partial charge on any atom is -0.310 e. The van der Waals surface area contributed by atoms with Crippen LogP contribution < -0.4 is 4.90 Å². The van der Waals surface area contributed by atoms with Crippen LogP contribution in [0.4, 0.5) is 17.1 Å². The molecule has 1 aliphatic heterocycles. The molecular formula is C62H38N4. The van der Waals surface area contributed by atoms with Crippen LogP contribution in [0.15, 0.2) is 231 Å². The third kappa shape index (κ3) is 5.24. The number of benzene rings is 9. The Hall–Kier alpha value is -8.73. The molecule has 0 saturated carbocycles. The largest absolute Gasteiger partial charge is 0.310 e. The molecule has 0 atom stereocenters. The van der Waals surface area contributed by atoms with E-state index in [1.807, 2.05) is 6.07 Å². The summed E-state index contributed by atoms with van der Waals surface area (Å²) in [7, 11) is 0. The summed E-state index contributed by atoms with van der Waals surface area (Å²) in [6.07, 6.45) is 0. The van der Waals surface area contributed by atoms with E-state index in [9.17, 15) is 0 Å². The summed E-state index contributed by atoms with van der Waals surface area (Å²) in [5.74, 6) is 0. The number of rotatable bonds is 4. The van der Waals surface area contributed by atoms with Gasteiger partial charge in [-0.15, -0.1) is 0 Å². The molecule has 0 N–H and O–H groups in total. The van der Waals surface area contributed by atoms with Crippen molar-refractivity contribution in [1.29, 1.82) is 0 Å². The van der Waals surface area contributed by atoms with Crippen LogP contribution in [0.5, 0.6) is 0 Å². The van der Waals surface area contributed by atoms with Gasteiger partial charge in [0, 0.05) is 43.9 Å². The first-order valence-corrected chi connectivity index (χ1v) is 22.6. The molecule has 4 heteroatoms. The molecule has 66 heavy (non-hydrogen) atoms. The number of para-hydroxylation sites is 3. The summed E-state index contributed by atoms with van der Waals surface area (Å²) in [5, 5.41) is 5.49. The van der Waals surface area contributed by atoms with E-state index in [4.69, 9.17) is 15.0 Å². The summed E-state index contributed by atoms with van der Waals surface area (Å²) in [4.78, 5) is 18.6. The van der Waals surface area contributed by atoms with E-state index in [1.54, 1.807) is 0 Å². The molecule has 0 radical (unpaired) electrons. The molecule has 12 aromatic rings. The second-order valence-corrected chi connectivity index (χ2v) is 17.5. The summed E-state index contributed by atoms with van der Waals surface area (Å²) in [6.45, 7) is 0. The highest BCUT2D eigenvalue weighted by Gasteiger charge is 2.51. The predicted octanol–water partition coefficient (Wildman–Crippen LogP) is 15.6. The second kappa shape index (κ2) is 14.1. The molecule has 0 saturated heterocycles. The standard InChI is InChI=1S/C62H38N4/c1-4-16-39(17-5-1)54-33-30-41-28-29-42-31-34-55(64-61(42)60(41)63-54)43-32-35-56-48(36-43)46-38-53-47(37-49(46)59(65-56)40-18-6-2-7-19-40)45-22-10-11-23-50(45)62(53)51-24-12-14-26-57(51)66(44-20-8-3-9-21-44)58-27-15-13-25-52(58)62/h1-38H. The zero-order valence-corrected chi connectivity index (χ0v) is 35.7. The summed E-state index contributed by atoms with van der Waals surface area (Å²) < 4.78 is 0. The van der Waals surface area contributed by atoms with Crippen LogP contribution >= 0.6 is 0 Å². The van der Waals surface area contributed by atoms with Gasteiger partial charge < -0.3 is 4.90 Å². The highest BCUT2D eigenvalue weighted by Crippen LogP contribution is 2.64. The first-order chi connectivity index (χ1) is 32.7. The molecule has 4 nitrogen and oxygen atoms in total. The Labute approximate surface area is 381 Å². The predicted molar refractivity (Wildman–Crippen MR) is 272 cm³/mol. The quantitative estimate of drug-likeness (QED) is 0.166. The third-order valence-corrected chi connectivity index (χ3v) is 14.0. The number of nitrogens with zero attached hydrogens (tertiary/aromatic N) is 4. The summed E-state index contributed by atoms with van der Waals surface area (Å²) in [6, 6.07) is 83.3. The highest BCUT2D eigenvalue weighted by atomic mass is 15.2. The van der Waals surface area contributed by atoms with Gasteiger partial charge in [-0.3, -0.25) is 0 Å². The maximum absolute atomic E-state index is 5.50. The van der Waals surface area contributed by atoms with E-state index in [1.165, 1.54) is 44.8 Å². The molecule has 14 rings (SSSR count). The van der Waals surface area contributed by atoms with Gasteiger partial charge in [-0.2, -0.15) is 0 Å². The number of aromatic nitrogens is 3. The van der Waals surface area contributed by atoms with E-state index >= 15 is 0 Å². The lowest BCUT2D eigenvalue weighted by Gasteiger charge is -2.45. The van der Waals surface area contributed by atoms with E-state index < -0.39 is 5.41 Å². The minimum absolute atomic E-state index is 0.592. The monoisotopic (exact) mass is 838 g/mol. The van der Waals surface area contributed by atoms with Gasteiger partial charge in [0.2, 0.25) is 0 Å². The highest BCUT2D eigenvalue weighted by molar-refractivity contribution is 6.15. The van der Waals surface area contributed by atoms with Crippen molar-refractivity contribution in [1.82, 2.24) is 15.0 Å². The number of pyridine rings is 3. The Morgan fingerprint density at radius 2 is 0.879 bits per heavy atom. The Balaban J connectivity index is 1.05. The number of hydrogen-bond donors (Lipinski definition) is 0. The van der Waals surface area contributed by atoms with E-state index in [-0.39, 0.29) is 0 Å². The first-order valence-electron chi connectivity index (χ1n) is 22.6. The van der Waals surface area contributed by atoms with Gasteiger partial charge in [0.15, 0.2) is 0 Å². The van der Waals surface area contributed by atoms with Gasteiger partial charge in [-0.05, 0) is 99.4 Å². The maximum Gasteiger partial charge on any atom is 0.0972 e. The summed E-state index contributed by atoms with van der Waals surface area (Å²) in [5.41, 5.74) is 19.2. The lowest BCUT2D eigenvalue weighted by Crippen LogP contribution is -2.36. The van der Waals surface area contributed by atoms with Crippen molar-refractivity contribution < 1.29 is 0 Å². The van der Waals surface area contributed by atoms with Crippen molar-refractivity contribution in [3.05, 3.63) is 253 Å². The fraction of sp³-hybridized carbons (Fsp3) is 0.0161. The minimum atomic E-state index is -0.592. The fourth-order valence-corrected chi connectivity index (χ4v) is 11.1. The molecule has 3 aromatic heterocycles. The first kappa shape index (κ1) is 36.7. The van der Waals surface area contributed by atoms with Crippen LogP contribution in [0.3, 0.4) is 0 Å². The van der Waals surface area contributed by atoms with Crippen LogP contribution in [0.1, 0.15) is 22.3 Å². The molecule has 1 spiro atoms. The molecule has 9 aromatic carbocycles. The Bertz CT molecular complexity index is 3890. The van der Waals surface area contributed by atoms with Crippen molar-refractivity contribution in [3.63, 3.8) is 0 Å².